The second kappa shape index (κ2) is 7.75. The smallest absolute Gasteiger partial charge is 0.252 e. The minimum atomic E-state index is -0.0574. The van der Waals surface area contributed by atoms with Crippen LogP contribution in [0.3, 0.4) is 0 Å². The zero-order chi connectivity index (χ0) is 16.8. The van der Waals surface area contributed by atoms with Gasteiger partial charge < -0.3 is 10.1 Å². The maximum Gasteiger partial charge on any atom is 0.252 e. The summed E-state index contributed by atoms with van der Waals surface area (Å²) in [6.07, 6.45) is 0. The molecule has 0 saturated carbocycles. The van der Waals surface area contributed by atoms with E-state index in [0.717, 1.165) is 21.9 Å². The summed E-state index contributed by atoms with van der Waals surface area (Å²) in [6.45, 7) is 3.71. The minimum absolute atomic E-state index is 0.0574. The first-order valence-electron chi connectivity index (χ1n) is 8.20. The summed E-state index contributed by atoms with van der Waals surface area (Å²) >= 11 is 0. The molecule has 3 aromatic carbocycles. The van der Waals surface area contributed by atoms with E-state index in [2.05, 4.69) is 5.32 Å². The molecule has 3 rings (SSSR count). The number of hydrogen-bond donors (Lipinski definition) is 1. The highest BCUT2D eigenvalue weighted by atomic mass is 16.5. The molecular formula is C21H21NO2. The molecular weight excluding hydrogens is 298 g/mol. The third kappa shape index (κ3) is 3.63. The molecule has 3 aromatic rings. The number of benzene rings is 3. The second-order valence-corrected chi connectivity index (χ2v) is 5.62. The molecule has 0 unspecified atom stereocenters. The van der Waals surface area contributed by atoms with Crippen molar-refractivity contribution in [1.29, 1.82) is 0 Å². The van der Waals surface area contributed by atoms with Gasteiger partial charge in [0, 0.05) is 18.7 Å². The molecule has 0 fully saturated rings. The van der Waals surface area contributed by atoms with Crippen molar-refractivity contribution in [3.05, 3.63) is 83.4 Å². The summed E-state index contributed by atoms with van der Waals surface area (Å²) in [5.74, 6) is -0.0574. The Hall–Kier alpha value is -2.65. The van der Waals surface area contributed by atoms with Gasteiger partial charge in [0.1, 0.15) is 0 Å². The van der Waals surface area contributed by atoms with Crippen molar-refractivity contribution in [1.82, 2.24) is 5.32 Å². The normalized spacial score (nSPS) is 10.7. The number of carbonyl (C=O) groups is 1. The quantitative estimate of drug-likeness (QED) is 0.735. The van der Waals surface area contributed by atoms with E-state index in [1.807, 2.05) is 73.7 Å². The van der Waals surface area contributed by atoms with Crippen LogP contribution in [-0.2, 0) is 17.9 Å². The van der Waals surface area contributed by atoms with Crippen LogP contribution < -0.4 is 5.32 Å². The Morgan fingerprint density at radius 2 is 1.62 bits per heavy atom. The van der Waals surface area contributed by atoms with Crippen LogP contribution >= 0.6 is 0 Å². The van der Waals surface area contributed by atoms with Gasteiger partial charge in [-0.1, -0.05) is 60.7 Å². The van der Waals surface area contributed by atoms with Crippen LogP contribution in [-0.4, -0.2) is 12.5 Å². The number of fused-ring (bicyclic) bond motifs is 1. The fourth-order valence-electron chi connectivity index (χ4n) is 2.78. The summed E-state index contributed by atoms with van der Waals surface area (Å²) in [4.78, 5) is 12.6. The molecule has 0 aliphatic heterocycles. The molecule has 122 valence electrons. The van der Waals surface area contributed by atoms with E-state index in [4.69, 9.17) is 4.74 Å². The van der Waals surface area contributed by atoms with Crippen LogP contribution in [0.5, 0.6) is 0 Å². The van der Waals surface area contributed by atoms with Crippen molar-refractivity contribution in [2.24, 2.45) is 0 Å². The van der Waals surface area contributed by atoms with Crippen LogP contribution in [0, 0.1) is 0 Å². The Morgan fingerprint density at radius 1 is 0.917 bits per heavy atom. The molecule has 1 N–H and O–H groups in total. The van der Waals surface area contributed by atoms with Gasteiger partial charge in [-0.05, 0) is 34.9 Å². The molecule has 0 spiro atoms. The van der Waals surface area contributed by atoms with Gasteiger partial charge >= 0.3 is 0 Å². The van der Waals surface area contributed by atoms with Gasteiger partial charge in [0.05, 0.1) is 6.61 Å². The number of rotatable bonds is 6. The second-order valence-electron chi connectivity index (χ2n) is 5.62. The topological polar surface area (TPSA) is 38.3 Å². The molecule has 3 heteroatoms. The van der Waals surface area contributed by atoms with E-state index < -0.39 is 0 Å². The molecule has 3 nitrogen and oxygen atoms in total. The highest BCUT2D eigenvalue weighted by molar-refractivity contribution is 6.06. The lowest BCUT2D eigenvalue weighted by Gasteiger charge is -2.12. The average Bonchev–Trinajstić information content (AvgIpc) is 2.64. The van der Waals surface area contributed by atoms with E-state index >= 15 is 0 Å². The fourth-order valence-corrected chi connectivity index (χ4v) is 2.78. The average molecular weight is 319 g/mol. The van der Waals surface area contributed by atoms with E-state index in [1.54, 1.807) is 0 Å². The third-order valence-corrected chi connectivity index (χ3v) is 4.05. The van der Waals surface area contributed by atoms with Crippen LogP contribution in [0.1, 0.15) is 28.4 Å². The molecule has 0 aliphatic carbocycles. The van der Waals surface area contributed by atoms with Gasteiger partial charge in [-0.25, -0.2) is 0 Å². The molecule has 0 radical (unpaired) electrons. The Bertz CT molecular complexity index is 837. The first-order chi connectivity index (χ1) is 11.8. The summed E-state index contributed by atoms with van der Waals surface area (Å²) < 4.78 is 5.50. The van der Waals surface area contributed by atoms with Crippen LogP contribution in [0.4, 0.5) is 0 Å². The first kappa shape index (κ1) is 16.2. The Balaban J connectivity index is 1.76. The van der Waals surface area contributed by atoms with Gasteiger partial charge in [0.25, 0.3) is 5.91 Å². The highest BCUT2D eigenvalue weighted by Crippen LogP contribution is 2.18. The summed E-state index contributed by atoms with van der Waals surface area (Å²) in [7, 11) is 0. The zero-order valence-corrected chi connectivity index (χ0v) is 13.8. The monoisotopic (exact) mass is 319 g/mol. The molecule has 0 aliphatic rings. The van der Waals surface area contributed by atoms with E-state index in [0.29, 0.717) is 25.3 Å². The predicted molar refractivity (Wildman–Crippen MR) is 96.9 cm³/mol. The third-order valence-electron chi connectivity index (χ3n) is 4.05. The van der Waals surface area contributed by atoms with Crippen molar-refractivity contribution in [2.45, 2.75) is 20.1 Å². The first-order valence-corrected chi connectivity index (χ1v) is 8.20. The molecule has 1 amide bonds. The molecule has 0 bridgehead atoms. The van der Waals surface area contributed by atoms with Gasteiger partial charge in [-0.3, -0.25) is 4.79 Å². The van der Waals surface area contributed by atoms with Crippen molar-refractivity contribution in [3.63, 3.8) is 0 Å². The van der Waals surface area contributed by atoms with Gasteiger partial charge in [0.2, 0.25) is 0 Å². The summed E-state index contributed by atoms with van der Waals surface area (Å²) in [5, 5.41) is 5.07. The SMILES string of the molecule is CCOCc1ccccc1CNC(=O)c1cccc2ccccc12. The van der Waals surface area contributed by atoms with Crippen LogP contribution in [0.25, 0.3) is 10.8 Å². The molecule has 0 atom stereocenters. The molecule has 0 saturated heterocycles. The van der Waals surface area contributed by atoms with Crippen LogP contribution in [0.15, 0.2) is 66.7 Å². The Labute approximate surface area is 142 Å². The highest BCUT2D eigenvalue weighted by Gasteiger charge is 2.10. The van der Waals surface area contributed by atoms with Gasteiger partial charge in [-0.15, -0.1) is 0 Å². The molecule has 24 heavy (non-hydrogen) atoms. The lowest BCUT2D eigenvalue weighted by molar-refractivity contribution is 0.0951. The number of carbonyl (C=O) groups excluding carboxylic acids is 1. The van der Waals surface area contributed by atoms with Gasteiger partial charge in [0.15, 0.2) is 0 Å². The van der Waals surface area contributed by atoms with E-state index in [9.17, 15) is 4.79 Å². The summed E-state index contributed by atoms with van der Waals surface area (Å²) in [6, 6.07) is 21.8. The maximum atomic E-state index is 12.6. The minimum Gasteiger partial charge on any atom is -0.377 e. The summed E-state index contributed by atoms with van der Waals surface area (Å²) in [5.41, 5.74) is 2.90. The lowest BCUT2D eigenvalue weighted by Crippen LogP contribution is -2.23. The van der Waals surface area contributed by atoms with Crippen molar-refractivity contribution in [3.8, 4) is 0 Å². The standard InChI is InChI=1S/C21H21NO2/c1-2-24-15-18-10-4-3-9-17(18)14-22-21(23)20-13-7-11-16-8-5-6-12-19(16)20/h3-13H,2,14-15H2,1H3,(H,22,23). The van der Waals surface area contributed by atoms with E-state index in [1.165, 1.54) is 0 Å². The number of nitrogens with one attached hydrogen (secondary N) is 1. The fraction of sp³-hybridized carbons (Fsp3) is 0.190. The van der Waals surface area contributed by atoms with E-state index in [-0.39, 0.29) is 5.91 Å². The Kier molecular flexibility index (Phi) is 5.24. The zero-order valence-electron chi connectivity index (χ0n) is 13.8. The van der Waals surface area contributed by atoms with Crippen molar-refractivity contribution in [2.75, 3.05) is 6.61 Å². The predicted octanol–water partition coefficient (Wildman–Crippen LogP) is 4.31. The van der Waals surface area contributed by atoms with Crippen molar-refractivity contribution < 1.29 is 9.53 Å². The molecule has 0 aromatic heterocycles. The lowest BCUT2D eigenvalue weighted by atomic mass is 10.0. The number of amides is 1. The number of hydrogen-bond acceptors (Lipinski definition) is 2. The van der Waals surface area contributed by atoms with Crippen molar-refractivity contribution >= 4 is 16.7 Å². The van der Waals surface area contributed by atoms with Crippen LogP contribution in [0.2, 0.25) is 0 Å². The maximum absolute atomic E-state index is 12.6. The number of ether oxygens (including phenoxy) is 1. The van der Waals surface area contributed by atoms with Gasteiger partial charge in [-0.2, -0.15) is 0 Å². The molecule has 0 heterocycles. The largest absolute Gasteiger partial charge is 0.377 e. The Morgan fingerprint density at radius 3 is 2.46 bits per heavy atom.